The summed E-state index contributed by atoms with van der Waals surface area (Å²) in [7, 11) is 0. The molecule has 2 amide bonds. The van der Waals surface area contributed by atoms with E-state index in [2.05, 4.69) is 21.0 Å². The normalized spacial score (nSPS) is 15.0. The van der Waals surface area contributed by atoms with Crippen molar-refractivity contribution in [3.63, 3.8) is 0 Å². The van der Waals surface area contributed by atoms with Gasteiger partial charge in [-0.2, -0.15) is 0 Å². The minimum absolute atomic E-state index is 0.273. The van der Waals surface area contributed by atoms with Crippen LogP contribution in [-0.4, -0.2) is 54.7 Å². The zero-order valence-electron chi connectivity index (χ0n) is 27.2. The third-order valence-corrected chi connectivity index (χ3v) is 7.15. The molecule has 5 heterocycles. The molecule has 242 valence electrons. The van der Waals surface area contributed by atoms with Crippen LogP contribution in [-0.2, 0) is 48.4 Å². The van der Waals surface area contributed by atoms with Gasteiger partial charge in [0.25, 0.3) is 0 Å². The molecule has 6 rings (SSSR count). The summed E-state index contributed by atoms with van der Waals surface area (Å²) >= 11 is 0. The SMILES string of the molecule is CC(C)(C)OC(=O)N1CCc2nc(N)ccc2C1.CC(C)(C)OC(=O)N1Cc2cnc(N)cc2C1.Nc1ccc2c(n1)CCC2. The quantitative estimate of drug-likeness (QED) is 0.310. The lowest BCUT2D eigenvalue weighted by atomic mass is 10.1. The topological polar surface area (TPSA) is 176 Å². The van der Waals surface area contributed by atoms with Gasteiger partial charge in [-0.05, 0) is 101 Å². The van der Waals surface area contributed by atoms with Crippen LogP contribution >= 0.6 is 0 Å². The van der Waals surface area contributed by atoms with Crippen LogP contribution in [0, 0.1) is 0 Å². The zero-order valence-corrected chi connectivity index (χ0v) is 27.2. The van der Waals surface area contributed by atoms with Gasteiger partial charge in [0.15, 0.2) is 0 Å². The Morgan fingerprint density at radius 1 is 0.667 bits per heavy atom. The summed E-state index contributed by atoms with van der Waals surface area (Å²) < 4.78 is 10.7. The molecule has 0 saturated carbocycles. The van der Waals surface area contributed by atoms with E-state index in [-0.39, 0.29) is 12.2 Å². The highest BCUT2D eigenvalue weighted by atomic mass is 16.6. The first-order valence-corrected chi connectivity index (χ1v) is 15.2. The molecule has 0 bridgehead atoms. The Balaban J connectivity index is 0.000000159. The van der Waals surface area contributed by atoms with E-state index < -0.39 is 11.2 Å². The number of carbonyl (C=O) groups excluding carboxylic acids is 2. The summed E-state index contributed by atoms with van der Waals surface area (Å²) in [5, 5.41) is 0. The first-order chi connectivity index (χ1) is 21.1. The van der Waals surface area contributed by atoms with E-state index in [1.807, 2.05) is 53.7 Å². The van der Waals surface area contributed by atoms with E-state index in [1.165, 1.54) is 24.1 Å². The molecule has 3 aromatic rings. The number of ether oxygens (including phenoxy) is 2. The number of nitrogen functional groups attached to an aromatic ring is 3. The highest BCUT2D eigenvalue weighted by molar-refractivity contribution is 5.69. The fraction of sp³-hybridized carbons (Fsp3) is 0.485. The molecule has 12 heteroatoms. The van der Waals surface area contributed by atoms with Crippen LogP contribution in [0.15, 0.2) is 36.5 Å². The summed E-state index contributed by atoms with van der Waals surface area (Å²) in [6.07, 6.45) is 5.40. The number of aromatic nitrogens is 3. The van der Waals surface area contributed by atoms with Crippen LogP contribution in [0.3, 0.4) is 0 Å². The summed E-state index contributed by atoms with van der Waals surface area (Å²) in [6, 6.07) is 9.46. The molecule has 1 aliphatic carbocycles. The van der Waals surface area contributed by atoms with Crippen LogP contribution in [0.25, 0.3) is 0 Å². The maximum Gasteiger partial charge on any atom is 0.410 e. The van der Waals surface area contributed by atoms with E-state index >= 15 is 0 Å². The Morgan fingerprint density at radius 2 is 1.20 bits per heavy atom. The van der Waals surface area contributed by atoms with Crippen molar-refractivity contribution in [1.82, 2.24) is 24.8 Å². The highest BCUT2D eigenvalue weighted by Gasteiger charge is 2.28. The molecule has 0 saturated heterocycles. The molecule has 45 heavy (non-hydrogen) atoms. The number of hydrogen-bond acceptors (Lipinski definition) is 10. The minimum Gasteiger partial charge on any atom is -0.444 e. The third-order valence-electron chi connectivity index (χ3n) is 7.15. The number of fused-ring (bicyclic) bond motifs is 3. The Labute approximate surface area is 265 Å². The molecular formula is C33H46N8O4. The van der Waals surface area contributed by atoms with Crippen LogP contribution < -0.4 is 17.2 Å². The van der Waals surface area contributed by atoms with Crippen molar-refractivity contribution in [3.8, 4) is 0 Å². The summed E-state index contributed by atoms with van der Waals surface area (Å²) in [4.78, 5) is 39.7. The molecular weight excluding hydrogens is 572 g/mol. The van der Waals surface area contributed by atoms with E-state index in [9.17, 15) is 9.59 Å². The monoisotopic (exact) mass is 618 g/mol. The lowest BCUT2D eigenvalue weighted by Gasteiger charge is -2.30. The van der Waals surface area contributed by atoms with Gasteiger partial charge in [-0.25, -0.2) is 24.5 Å². The molecule has 0 spiro atoms. The van der Waals surface area contributed by atoms with Gasteiger partial charge in [-0.3, -0.25) is 4.90 Å². The average molecular weight is 619 g/mol. The van der Waals surface area contributed by atoms with Crippen molar-refractivity contribution in [2.24, 2.45) is 0 Å². The molecule has 3 aliphatic rings. The van der Waals surface area contributed by atoms with Crippen molar-refractivity contribution in [2.75, 3.05) is 23.7 Å². The Bertz CT molecular complexity index is 1530. The second-order valence-electron chi connectivity index (χ2n) is 13.4. The van der Waals surface area contributed by atoms with Gasteiger partial charge in [0.1, 0.15) is 28.7 Å². The number of pyridine rings is 3. The average Bonchev–Trinajstić information content (AvgIpc) is 3.58. The van der Waals surface area contributed by atoms with E-state index in [1.54, 1.807) is 28.1 Å². The van der Waals surface area contributed by atoms with Gasteiger partial charge < -0.3 is 31.6 Å². The first kappa shape index (κ1) is 33.3. The van der Waals surface area contributed by atoms with Gasteiger partial charge in [-0.15, -0.1) is 0 Å². The maximum absolute atomic E-state index is 11.9. The van der Waals surface area contributed by atoms with E-state index in [4.69, 9.17) is 26.7 Å². The molecule has 3 aromatic heterocycles. The Morgan fingerprint density at radius 3 is 1.82 bits per heavy atom. The number of nitrogens with two attached hydrogens (primary N) is 3. The second kappa shape index (κ2) is 13.6. The van der Waals surface area contributed by atoms with Gasteiger partial charge in [0.2, 0.25) is 0 Å². The number of carbonyl (C=O) groups is 2. The lowest BCUT2D eigenvalue weighted by Crippen LogP contribution is -2.40. The van der Waals surface area contributed by atoms with Crippen molar-refractivity contribution >= 4 is 29.6 Å². The van der Waals surface area contributed by atoms with Crippen LogP contribution in [0.1, 0.15) is 81.6 Å². The molecule has 0 radical (unpaired) electrons. The summed E-state index contributed by atoms with van der Waals surface area (Å²) in [5.41, 5.74) is 22.5. The van der Waals surface area contributed by atoms with Gasteiger partial charge in [0.05, 0.1) is 13.1 Å². The highest BCUT2D eigenvalue weighted by Crippen LogP contribution is 2.25. The molecule has 0 aromatic carbocycles. The lowest BCUT2D eigenvalue weighted by molar-refractivity contribution is 0.0218. The van der Waals surface area contributed by atoms with Crippen LogP contribution in [0.2, 0.25) is 0 Å². The largest absolute Gasteiger partial charge is 0.444 e. The van der Waals surface area contributed by atoms with Crippen molar-refractivity contribution < 1.29 is 19.1 Å². The standard InChI is InChI=1S/C13H19N3O2.C12H17N3O2.C8H10N2/c1-13(2,3)18-12(17)16-7-6-10-9(8-16)4-5-11(14)15-10;1-12(2,3)17-11(16)15-6-8-4-10(13)14-5-9(8)7-15;9-8-5-4-6-2-1-3-7(6)10-8/h4-5H,6-8H2,1-3H3,(H2,14,15);4-5H,6-7H2,1-3H3,(H2,13,14);4-5H,1-3H2,(H2,9,10). The fourth-order valence-electron chi connectivity index (χ4n) is 5.11. The molecule has 2 aliphatic heterocycles. The predicted octanol–water partition coefficient (Wildman–Crippen LogP) is 5.02. The Kier molecular flexibility index (Phi) is 10.0. The number of anilines is 3. The predicted molar refractivity (Wildman–Crippen MR) is 174 cm³/mol. The smallest absolute Gasteiger partial charge is 0.410 e. The number of nitrogens with zero attached hydrogens (tertiary/aromatic N) is 5. The van der Waals surface area contributed by atoms with E-state index in [0.717, 1.165) is 35.2 Å². The number of aryl methyl sites for hydroxylation is 2. The maximum atomic E-state index is 11.9. The fourth-order valence-corrected chi connectivity index (χ4v) is 5.11. The van der Waals surface area contributed by atoms with Gasteiger partial charge in [-0.1, -0.05) is 12.1 Å². The number of amides is 2. The molecule has 0 atom stereocenters. The molecule has 12 nitrogen and oxygen atoms in total. The summed E-state index contributed by atoms with van der Waals surface area (Å²) in [6.45, 7) is 13.4. The molecule has 0 fully saturated rings. The minimum atomic E-state index is -0.469. The van der Waals surface area contributed by atoms with Crippen molar-refractivity contribution in [3.05, 3.63) is 70.2 Å². The zero-order chi connectivity index (χ0) is 32.9. The second-order valence-corrected chi connectivity index (χ2v) is 13.4. The van der Waals surface area contributed by atoms with Crippen molar-refractivity contribution in [1.29, 1.82) is 0 Å². The first-order valence-electron chi connectivity index (χ1n) is 15.2. The number of hydrogen-bond donors (Lipinski definition) is 3. The summed E-state index contributed by atoms with van der Waals surface area (Å²) in [5.74, 6) is 1.66. The number of rotatable bonds is 0. The van der Waals surface area contributed by atoms with E-state index in [0.29, 0.717) is 43.6 Å². The van der Waals surface area contributed by atoms with Gasteiger partial charge >= 0.3 is 12.2 Å². The third kappa shape index (κ3) is 9.69. The van der Waals surface area contributed by atoms with Crippen molar-refractivity contribution in [2.45, 2.75) is 98.1 Å². The van der Waals surface area contributed by atoms with Crippen LogP contribution in [0.4, 0.5) is 27.0 Å². The molecule has 0 unspecified atom stereocenters. The van der Waals surface area contributed by atoms with Gasteiger partial charge in [0, 0.05) is 37.1 Å². The molecule has 6 N–H and O–H groups in total. The Hall–Kier alpha value is -4.61. The van der Waals surface area contributed by atoms with Crippen LogP contribution in [0.5, 0.6) is 0 Å².